The van der Waals surface area contributed by atoms with E-state index in [1.165, 1.54) is 19.3 Å². The Morgan fingerprint density at radius 2 is 2.20 bits per heavy atom. The standard InChI is InChI=1S/C15H24N2O3/c1-18-14-6-9-17-13(15(14)19-2)11-20-10-7-12-5-3-4-8-16-12/h6,9,12,16H,3-5,7-8,10-11H2,1-2H3. The molecule has 1 aliphatic heterocycles. The quantitative estimate of drug-likeness (QED) is 0.776. The fourth-order valence-corrected chi connectivity index (χ4v) is 2.52. The predicted octanol–water partition coefficient (Wildman–Crippen LogP) is 2.15. The molecule has 1 fully saturated rings. The van der Waals surface area contributed by atoms with Crippen LogP contribution in [0.1, 0.15) is 31.4 Å². The molecule has 0 aromatic carbocycles. The first-order chi connectivity index (χ1) is 9.85. The summed E-state index contributed by atoms with van der Waals surface area (Å²) < 4.78 is 16.3. The number of pyridine rings is 1. The third-order valence-corrected chi connectivity index (χ3v) is 3.63. The summed E-state index contributed by atoms with van der Waals surface area (Å²) in [6.07, 6.45) is 6.63. The van der Waals surface area contributed by atoms with Gasteiger partial charge in [0.25, 0.3) is 0 Å². The number of aromatic nitrogens is 1. The Bertz CT molecular complexity index is 406. The minimum Gasteiger partial charge on any atom is -0.493 e. The smallest absolute Gasteiger partial charge is 0.184 e. The van der Waals surface area contributed by atoms with E-state index in [0.29, 0.717) is 24.1 Å². The highest BCUT2D eigenvalue weighted by atomic mass is 16.5. The molecule has 20 heavy (non-hydrogen) atoms. The summed E-state index contributed by atoms with van der Waals surface area (Å²) in [6.45, 7) is 2.32. The molecule has 0 aliphatic carbocycles. The number of rotatable bonds is 7. The fraction of sp³-hybridized carbons (Fsp3) is 0.667. The lowest BCUT2D eigenvalue weighted by molar-refractivity contribution is 0.104. The number of nitrogens with zero attached hydrogens (tertiary/aromatic N) is 1. The molecule has 112 valence electrons. The van der Waals surface area contributed by atoms with E-state index in [4.69, 9.17) is 14.2 Å². The Morgan fingerprint density at radius 1 is 1.30 bits per heavy atom. The van der Waals surface area contributed by atoms with Crippen LogP contribution in [0, 0.1) is 0 Å². The van der Waals surface area contributed by atoms with E-state index in [1.54, 1.807) is 26.5 Å². The highest BCUT2D eigenvalue weighted by Gasteiger charge is 2.13. The summed E-state index contributed by atoms with van der Waals surface area (Å²) in [7, 11) is 3.24. The van der Waals surface area contributed by atoms with Crippen LogP contribution in [0.25, 0.3) is 0 Å². The van der Waals surface area contributed by atoms with Gasteiger partial charge in [-0.3, -0.25) is 4.98 Å². The largest absolute Gasteiger partial charge is 0.493 e. The lowest BCUT2D eigenvalue weighted by Crippen LogP contribution is -2.34. The van der Waals surface area contributed by atoms with Gasteiger partial charge >= 0.3 is 0 Å². The topological polar surface area (TPSA) is 52.6 Å². The molecular formula is C15H24N2O3. The van der Waals surface area contributed by atoms with E-state index < -0.39 is 0 Å². The predicted molar refractivity (Wildman–Crippen MR) is 77.3 cm³/mol. The Balaban J connectivity index is 1.78. The number of piperidine rings is 1. The Morgan fingerprint density at radius 3 is 2.90 bits per heavy atom. The van der Waals surface area contributed by atoms with Gasteiger partial charge in [0.15, 0.2) is 11.5 Å². The Hall–Kier alpha value is -1.33. The van der Waals surface area contributed by atoms with Crippen molar-refractivity contribution in [1.82, 2.24) is 10.3 Å². The van der Waals surface area contributed by atoms with E-state index in [0.717, 1.165) is 25.3 Å². The van der Waals surface area contributed by atoms with Crippen molar-refractivity contribution in [3.05, 3.63) is 18.0 Å². The normalized spacial score (nSPS) is 18.8. The number of hydrogen-bond acceptors (Lipinski definition) is 5. The lowest BCUT2D eigenvalue weighted by atomic mass is 10.0. The highest BCUT2D eigenvalue weighted by Crippen LogP contribution is 2.29. The van der Waals surface area contributed by atoms with Gasteiger partial charge in [-0.25, -0.2) is 0 Å². The summed E-state index contributed by atoms with van der Waals surface area (Å²) in [4.78, 5) is 4.30. The molecule has 0 amide bonds. The van der Waals surface area contributed by atoms with E-state index >= 15 is 0 Å². The monoisotopic (exact) mass is 280 g/mol. The molecule has 1 saturated heterocycles. The van der Waals surface area contributed by atoms with Crippen molar-refractivity contribution in [3.8, 4) is 11.5 Å². The van der Waals surface area contributed by atoms with Crippen molar-refractivity contribution in [2.45, 2.75) is 38.3 Å². The zero-order valence-corrected chi connectivity index (χ0v) is 12.4. The average Bonchev–Trinajstić information content (AvgIpc) is 2.52. The van der Waals surface area contributed by atoms with Crippen molar-refractivity contribution in [2.75, 3.05) is 27.4 Å². The van der Waals surface area contributed by atoms with Crippen molar-refractivity contribution in [2.24, 2.45) is 0 Å². The summed E-state index contributed by atoms with van der Waals surface area (Å²) in [5.74, 6) is 1.35. The van der Waals surface area contributed by atoms with Crippen LogP contribution in [0.3, 0.4) is 0 Å². The number of nitrogens with one attached hydrogen (secondary N) is 1. The molecule has 1 aromatic rings. The van der Waals surface area contributed by atoms with E-state index in [-0.39, 0.29) is 0 Å². The van der Waals surface area contributed by atoms with Crippen molar-refractivity contribution in [3.63, 3.8) is 0 Å². The van der Waals surface area contributed by atoms with Gasteiger partial charge in [-0.15, -0.1) is 0 Å². The van der Waals surface area contributed by atoms with Gasteiger partial charge in [0, 0.05) is 24.9 Å². The average molecular weight is 280 g/mol. The first kappa shape index (κ1) is 15.1. The highest BCUT2D eigenvalue weighted by molar-refractivity contribution is 5.42. The van der Waals surface area contributed by atoms with E-state index in [1.807, 2.05) is 0 Å². The third kappa shape index (κ3) is 4.08. The van der Waals surface area contributed by atoms with Gasteiger partial charge in [-0.2, -0.15) is 0 Å². The maximum absolute atomic E-state index is 5.73. The summed E-state index contributed by atoms with van der Waals surface area (Å²) >= 11 is 0. The summed E-state index contributed by atoms with van der Waals surface area (Å²) in [5.41, 5.74) is 0.781. The van der Waals surface area contributed by atoms with Gasteiger partial charge in [0.05, 0.1) is 20.8 Å². The first-order valence-electron chi connectivity index (χ1n) is 7.22. The zero-order valence-electron chi connectivity index (χ0n) is 12.4. The van der Waals surface area contributed by atoms with Crippen LogP contribution in [0.5, 0.6) is 11.5 Å². The van der Waals surface area contributed by atoms with E-state index in [9.17, 15) is 0 Å². The maximum Gasteiger partial charge on any atom is 0.184 e. The minimum absolute atomic E-state index is 0.451. The zero-order chi connectivity index (χ0) is 14.2. The van der Waals surface area contributed by atoms with Gasteiger partial charge in [-0.05, 0) is 25.8 Å². The van der Waals surface area contributed by atoms with Crippen LogP contribution in [0.4, 0.5) is 0 Å². The number of ether oxygens (including phenoxy) is 3. The molecule has 2 heterocycles. The third-order valence-electron chi connectivity index (χ3n) is 3.63. The molecule has 1 unspecified atom stereocenters. The maximum atomic E-state index is 5.73. The molecule has 0 bridgehead atoms. The molecule has 1 aliphatic rings. The summed E-state index contributed by atoms with van der Waals surface area (Å²) in [5, 5.41) is 3.52. The molecule has 2 rings (SSSR count). The molecule has 1 aromatic heterocycles. The molecule has 0 radical (unpaired) electrons. The van der Waals surface area contributed by atoms with Crippen LogP contribution in [0.15, 0.2) is 12.3 Å². The number of methoxy groups -OCH3 is 2. The van der Waals surface area contributed by atoms with Crippen LogP contribution in [-0.2, 0) is 11.3 Å². The van der Waals surface area contributed by atoms with Crippen LogP contribution >= 0.6 is 0 Å². The lowest BCUT2D eigenvalue weighted by Gasteiger charge is -2.23. The van der Waals surface area contributed by atoms with Crippen LogP contribution in [-0.4, -0.2) is 38.4 Å². The second kappa shape index (κ2) is 8.07. The first-order valence-corrected chi connectivity index (χ1v) is 7.22. The Kier molecular flexibility index (Phi) is 6.08. The van der Waals surface area contributed by atoms with E-state index in [2.05, 4.69) is 10.3 Å². The van der Waals surface area contributed by atoms with Crippen molar-refractivity contribution in [1.29, 1.82) is 0 Å². The van der Waals surface area contributed by atoms with Crippen LogP contribution in [0.2, 0.25) is 0 Å². The molecule has 1 N–H and O–H groups in total. The minimum atomic E-state index is 0.451. The van der Waals surface area contributed by atoms with Crippen molar-refractivity contribution >= 4 is 0 Å². The van der Waals surface area contributed by atoms with Crippen molar-refractivity contribution < 1.29 is 14.2 Å². The number of hydrogen-bond donors (Lipinski definition) is 1. The molecule has 1 atom stereocenters. The Labute approximate surface area is 120 Å². The SMILES string of the molecule is COc1ccnc(COCCC2CCCCN2)c1OC. The van der Waals surface area contributed by atoms with Gasteiger partial charge in [-0.1, -0.05) is 6.42 Å². The molecule has 0 saturated carbocycles. The van der Waals surface area contributed by atoms with Gasteiger partial charge in [0.1, 0.15) is 5.69 Å². The molecule has 5 heteroatoms. The van der Waals surface area contributed by atoms with Crippen LogP contribution < -0.4 is 14.8 Å². The molecule has 0 spiro atoms. The van der Waals surface area contributed by atoms with Gasteiger partial charge in [0.2, 0.25) is 0 Å². The fourth-order valence-electron chi connectivity index (χ4n) is 2.52. The molecule has 5 nitrogen and oxygen atoms in total. The molecular weight excluding hydrogens is 256 g/mol. The second-order valence-electron chi connectivity index (χ2n) is 4.98. The second-order valence-corrected chi connectivity index (χ2v) is 4.98. The summed E-state index contributed by atoms with van der Waals surface area (Å²) in [6, 6.07) is 2.39. The van der Waals surface area contributed by atoms with Gasteiger partial charge < -0.3 is 19.5 Å².